The molecule has 1 aliphatic heterocycles. The lowest BCUT2D eigenvalue weighted by Crippen LogP contribution is -2.36. The molecule has 0 saturated carbocycles. The zero-order valence-corrected chi connectivity index (χ0v) is 12.0. The Morgan fingerprint density at radius 2 is 1.75 bits per heavy atom. The van der Waals surface area contributed by atoms with Crippen molar-refractivity contribution >= 4 is 17.1 Å². The molecule has 0 N–H and O–H groups in total. The highest BCUT2D eigenvalue weighted by atomic mass is 15.4. The van der Waals surface area contributed by atoms with Crippen LogP contribution in [0.4, 0.5) is 17.1 Å². The van der Waals surface area contributed by atoms with E-state index in [1.165, 1.54) is 5.56 Å². The highest BCUT2D eigenvalue weighted by Crippen LogP contribution is 2.45. The van der Waals surface area contributed by atoms with E-state index in [0.29, 0.717) is 0 Å². The van der Waals surface area contributed by atoms with Gasteiger partial charge in [0, 0.05) is 12.7 Å². The Morgan fingerprint density at radius 1 is 1.05 bits per heavy atom. The van der Waals surface area contributed by atoms with Crippen LogP contribution in [-0.4, -0.2) is 13.2 Å². The molecule has 1 aliphatic rings. The summed E-state index contributed by atoms with van der Waals surface area (Å²) in [6.45, 7) is 4.27. The molecule has 0 amide bonds. The summed E-state index contributed by atoms with van der Waals surface area (Å²) in [7, 11) is 2.07. The highest BCUT2D eigenvalue weighted by molar-refractivity contribution is 5.88. The SMILES string of the molecule is Cc1ccccc1N1c2c(C#N)cccc2N(C)[C@@H]1C. The van der Waals surface area contributed by atoms with Crippen molar-refractivity contribution in [1.29, 1.82) is 5.26 Å². The maximum Gasteiger partial charge on any atom is 0.103 e. The van der Waals surface area contributed by atoms with Crippen molar-refractivity contribution in [2.45, 2.75) is 20.0 Å². The van der Waals surface area contributed by atoms with Gasteiger partial charge in [-0.2, -0.15) is 5.26 Å². The number of anilines is 3. The van der Waals surface area contributed by atoms with Gasteiger partial charge in [0.05, 0.1) is 16.9 Å². The largest absolute Gasteiger partial charge is 0.352 e. The van der Waals surface area contributed by atoms with Gasteiger partial charge in [-0.3, -0.25) is 0 Å². The lowest BCUT2D eigenvalue weighted by atomic mass is 10.1. The first-order valence-electron chi connectivity index (χ1n) is 6.76. The van der Waals surface area contributed by atoms with Gasteiger partial charge in [0.1, 0.15) is 12.2 Å². The third kappa shape index (κ3) is 1.65. The molecule has 0 fully saturated rings. The molecule has 3 nitrogen and oxygen atoms in total. The van der Waals surface area contributed by atoms with E-state index >= 15 is 0 Å². The molecule has 0 spiro atoms. The van der Waals surface area contributed by atoms with E-state index in [-0.39, 0.29) is 6.17 Å². The number of para-hydroxylation sites is 2. The fraction of sp³-hybridized carbons (Fsp3) is 0.235. The molecule has 0 bridgehead atoms. The Kier molecular flexibility index (Phi) is 2.87. The van der Waals surface area contributed by atoms with Crippen LogP contribution in [0.3, 0.4) is 0 Å². The second kappa shape index (κ2) is 4.57. The Bertz CT molecular complexity index is 700. The van der Waals surface area contributed by atoms with E-state index in [1.54, 1.807) is 0 Å². The number of rotatable bonds is 1. The molecular formula is C17H17N3. The Labute approximate surface area is 119 Å². The maximum absolute atomic E-state index is 9.41. The normalized spacial score (nSPS) is 17.0. The topological polar surface area (TPSA) is 30.3 Å². The molecule has 0 radical (unpaired) electrons. The van der Waals surface area contributed by atoms with Gasteiger partial charge < -0.3 is 9.80 Å². The fourth-order valence-corrected chi connectivity index (χ4v) is 2.88. The van der Waals surface area contributed by atoms with Crippen LogP contribution < -0.4 is 9.80 Å². The lowest BCUT2D eigenvalue weighted by Gasteiger charge is -2.29. The van der Waals surface area contributed by atoms with Crippen LogP contribution in [0.25, 0.3) is 0 Å². The molecule has 3 rings (SSSR count). The summed E-state index contributed by atoms with van der Waals surface area (Å²) >= 11 is 0. The van der Waals surface area contributed by atoms with Gasteiger partial charge in [-0.1, -0.05) is 24.3 Å². The first-order chi connectivity index (χ1) is 9.65. The van der Waals surface area contributed by atoms with Crippen molar-refractivity contribution in [2.75, 3.05) is 16.8 Å². The number of aryl methyl sites for hydroxylation is 1. The van der Waals surface area contributed by atoms with E-state index in [1.807, 2.05) is 24.3 Å². The monoisotopic (exact) mass is 263 g/mol. The minimum atomic E-state index is 0.195. The summed E-state index contributed by atoms with van der Waals surface area (Å²) in [5, 5.41) is 9.41. The number of hydrogen-bond donors (Lipinski definition) is 0. The van der Waals surface area contributed by atoms with E-state index in [9.17, 15) is 5.26 Å². The van der Waals surface area contributed by atoms with Crippen molar-refractivity contribution in [1.82, 2.24) is 0 Å². The molecule has 1 atom stereocenters. The van der Waals surface area contributed by atoms with Gasteiger partial charge in [-0.25, -0.2) is 0 Å². The second-order valence-corrected chi connectivity index (χ2v) is 5.18. The average molecular weight is 263 g/mol. The molecule has 0 aliphatic carbocycles. The molecule has 0 unspecified atom stereocenters. The number of hydrogen-bond acceptors (Lipinski definition) is 3. The lowest BCUT2D eigenvalue weighted by molar-refractivity contribution is 0.732. The second-order valence-electron chi connectivity index (χ2n) is 5.18. The predicted octanol–water partition coefficient (Wildman–Crippen LogP) is 3.80. The third-order valence-corrected chi connectivity index (χ3v) is 4.07. The van der Waals surface area contributed by atoms with Crippen molar-refractivity contribution in [3.63, 3.8) is 0 Å². The maximum atomic E-state index is 9.41. The van der Waals surface area contributed by atoms with Crippen LogP contribution in [0.5, 0.6) is 0 Å². The van der Waals surface area contributed by atoms with Crippen LogP contribution in [0.1, 0.15) is 18.1 Å². The fourth-order valence-electron chi connectivity index (χ4n) is 2.88. The smallest absolute Gasteiger partial charge is 0.103 e. The molecule has 0 saturated heterocycles. The van der Waals surface area contributed by atoms with Crippen LogP contribution in [-0.2, 0) is 0 Å². The summed E-state index contributed by atoms with van der Waals surface area (Å²) in [6, 6.07) is 16.5. The number of fused-ring (bicyclic) bond motifs is 1. The Hall–Kier alpha value is -2.47. The molecule has 20 heavy (non-hydrogen) atoms. The Morgan fingerprint density at radius 3 is 2.45 bits per heavy atom. The van der Waals surface area contributed by atoms with Gasteiger partial charge in [0.25, 0.3) is 0 Å². The summed E-state index contributed by atoms with van der Waals surface area (Å²) in [6.07, 6.45) is 0.195. The van der Waals surface area contributed by atoms with Crippen molar-refractivity contribution in [3.8, 4) is 6.07 Å². The van der Waals surface area contributed by atoms with E-state index < -0.39 is 0 Å². The highest BCUT2D eigenvalue weighted by Gasteiger charge is 2.34. The zero-order chi connectivity index (χ0) is 14.3. The van der Waals surface area contributed by atoms with Gasteiger partial charge in [-0.05, 0) is 37.6 Å². The summed E-state index contributed by atoms with van der Waals surface area (Å²) in [5.41, 5.74) is 5.22. The van der Waals surface area contributed by atoms with Crippen LogP contribution in [0.2, 0.25) is 0 Å². The minimum Gasteiger partial charge on any atom is -0.352 e. The standard InChI is InChI=1S/C17H17N3/c1-12-7-4-5-9-15(12)20-13(2)19(3)16-10-6-8-14(11-18)17(16)20/h4-10,13H,1-3H3/t13-/m0/s1. The number of nitrogens with zero attached hydrogens (tertiary/aromatic N) is 3. The number of nitriles is 1. The number of benzene rings is 2. The Balaban J connectivity index is 2.25. The predicted molar refractivity (Wildman–Crippen MR) is 82.3 cm³/mol. The van der Waals surface area contributed by atoms with Crippen molar-refractivity contribution in [2.24, 2.45) is 0 Å². The molecule has 3 heteroatoms. The molecule has 100 valence electrons. The van der Waals surface area contributed by atoms with Crippen molar-refractivity contribution in [3.05, 3.63) is 53.6 Å². The van der Waals surface area contributed by atoms with E-state index in [0.717, 1.165) is 22.6 Å². The van der Waals surface area contributed by atoms with E-state index in [2.05, 4.69) is 55.0 Å². The summed E-state index contributed by atoms with van der Waals surface area (Å²) < 4.78 is 0. The minimum absolute atomic E-state index is 0.195. The molecule has 0 aromatic heterocycles. The van der Waals surface area contributed by atoms with Crippen molar-refractivity contribution < 1.29 is 0 Å². The van der Waals surface area contributed by atoms with Crippen LogP contribution in [0, 0.1) is 18.3 Å². The first kappa shape index (κ1) is 12.6. The van der Waals surface area contributed by atoms with Crippen LogP contribution >= 0.6 is 0 Å². The van der Waals surface area contributed by atoms with Gasteiger partial charge in [0.2, 0.25) is 0 Å². The quantitative estimate of drug-likeness (QED) is 0.784. The molecular weight excluding hydrogens is 246 g/mol. The van der Waals surface area contributed by atoms with E-state index in [4.69, 9.17) is 0 Å². The molecule has 2 aromatic carbocycles. The van der Waals surface area contributed by atoms with Gasteiger partial charge in [0.15, 0.2) is 0 Å². The zero-order valence-electron chi connectivity index (χ0n) is 12.0. The first-order valence-corrected chi connectivity index (χ1v) is 6.76. The summed E-state index contributed by atoms with van der Waals surface area (Å²) in [5.74, 6) is 0. The summed E-state index contributed by atoms with van der Waals surface area (Å²) in [4.78, 5) is 4.46. The molecule has 2 aromatic rings. The van der Waals surface area contributed by atoms with Gasteiger partial charge >= 0.3 is 0 Å². The third-order valence-electron chi connectivity index (χ3n) is 4.07. The van der Waals surface area contributed by atoms with Crippen LogP contribution in [0.15, 0.2) is 42.5 Å². The average Bonchev–Trinajstić information content (AvgIpc) is 2.72. The van der Waals surface area contributed by atoms with Gasteiger partial charge in [-0.15, -0.1) is 0 Å². The molecule has 1 heterocycles.